The first-order valence-corrected chi connectivity index (χ1v) is 7.68. The summed E-state index contributed by atoms with van der Waals surface area (Å²) in [6.45, 7) is 1.18. The van der Waals surface area contributed by atoms with Gasteiger partial charge in [-0.2, -0.15) is 0 Å². The number of nitro benzene ring substituents is 1. The summed E-state index contributed by atoms with van der Waals surface area (Å²) in [4.78, 5) is 34.9. The summed E-state index contributed by atoms with van der Waals surface area (Å²) >= 11 is 0. The van der Waals surface area contributed by atoms with E-state index < -0.39 is 10.9 Å². The number of hydrogen-bond donors (Lipinski definition) is 1. The normalized spacial score (nSPS) is 15.4. The Morgan fingerprint density at radius 3 is 2.61 bits per heavy atom. The zero-order valence-electron chi connectivity index (χ0n) is 12.8. The molecule has 7 heteroatoms. The Labute approximate surface area is 134 Å². The number of aryl methyl sites for hydroxylation is 1. The molecule has 124 valence electrons. The molecule has 0 radical (unpaired) electrons. The number of piperidine rings is 1. The van der Waals surface area contributed by atoms with Crippen LogP contribution in [0.2, 0.25) is 0 Å². The second-order valence-corrected chi connectivity index (χ2v) is 5.85. The number of likely N-dealkylation sites (tertiary alicyclic amines) is 1. The lowest BCUT2D eigenvalue weighted by atomic mass is 9.93. The Hall–Kier alpha value is -2.44. The van der Waals surface area contributed by atoms with Crippen LogP contribution in [0.4, 0.5) is 5.69 Å². The average Bonchev–Trinajstić information content (AvgIpc) is 2.53. The van der Waals surface area contributed by atoms with E-state index >= 15 is 0 Å². The third-order valence-corrected chi connectivity index (χ3v) is 4.18. The molecule has 0 saturated carbocycles. The third kappa shape index (κ3) is 5.05. The van der Waals surface area contributed by atoms with E-state index in [1.54, 1.807) is 17.0 Å². The quantitative estimate of drug-likeness (QED) is 0.640. The van der Waals surface area contributed by atoms with Gasteiger partial charge in [-0.15, -0.1) is 0 Å². The summed E-state index contributed by atoms with van der Waals surface area (Å²) in [6.07, 6.45) is 2.37. The van der Waals surface area contributed by atoms with Crippen molar-refractivity contribution in [3.63, 3.8) is 0 Å². The van der Waals surface area contributed by atoms with Gasteiger partial charge in [0.1, 0.15) is 0 Å². The molecule has 1 amide bonds. The molecule has 0 spiro atoms. The van der Waals surface area contributed by atoms with Crippen LogP contribution in [0.15, 0.2) is 24.3 Å². The standard InChI is InChI=1S/C16H20N2O5/c19-15(17-8-6-13(7-9-17)11-16(20)21)5-4-12-2-1-3-14(10-12)18(22)23/h1-3,10,13H,4-9,11H2,(H,20,21). The minimum Gasteiger partial charge on any atom is -0.481 e. The van der Waals surface area contributed by atoms with Crippen LogP contribution in [0.5, 0.6) is 0 Å². The van der Waals surface area contributed by atoms with Crippen LogP contribution >= 0.6 is 0 Å². The summed E-state index contributed by atoms with van der Waals surface area (Å²) in [5, 5.41) is 19.5. The lowest BCUT2D eigenvalue weighted by molar-refractivity contribution is -0.384. The summed E-state index contributed by atoms with van der Waals surface area (Å²) in [6, 6.07) is 6.32. The van der Waals surface area contributed by atoms with Gasteiger partial charge in [-0.05, 0) is 30.7 Å². The number of nitrogens with zero attached hydrogens (tertiary/aromatic N) is 2. The Morgan fingerprint density at radius 1 is 1.30 bits per heavy atom. The average molecular weight is 320 g/mol. The fraction of sp³-hybridized carbons (Fsp3) is 0.500. The maximum absolute atomic E-state index is 12.2. The molecule has 7 nitrogen and oxygen atoms in total. The molecule has 1 heterocycles. The first-order valence-electron chi connectivity index (χ1n) is 7.68. The van der Waals surface area contributed by atoms with Crippen molar-refractivity contribution in [3.8, 4) is 0 Å². The molecule has 1 N–H and O–H groups in total. The number of non-ortho nitro benzene ring substituents is 1. The second kappa shape index (κ2) is 7.71. The highest BCUT2D eigenvalue weighted by Crippen LogP contribution is 2.21. The fourth-order valence-electron chi connectivity index (χ4n) is 2.87. The predicted molar refractivity (Wildman–Crippen MR) is 83.0 cm³/mol. The van der Waals surface area contributed by atoms with E-state index in [2.05, 4.69) is 0 Å². The van der Waals surface area contributed by atoms with Crippen molar-refractivity contribution >= 4 is 17.6 Å². The van der Waals surface area contributed by atoms with Gasteiger partial charge < -0.3 is 10.0 Å². The summed E-state index contributed by atoms with van der Waals surface area (Å²) in [5.41, 5.74) is 0.803. The van der Waals surface area contributed by atoms with Gasteiger partial charge in [-0.25, -0.2) is 0 Å². The first-order chi connectivity index (χ1) is 11.0. The van der Waals surface area contributed by atoms with Crippen molar-refractivity contribution in [1.29, 1.82) is 0 Å². The van der Waals surface area contributed by atoms with Gasteiger partial charge in [0.15, 0.2) is 0 Å². The van der Waals surface area contributed by atoms with Crippen LogP contribution in [0.25, 0.3) is 0 Å². The number of aliphatic carboxylic acids is 1. The second-order valence-electron chi connectivity index (χ2n) is 5.85. The van der Waals surface area contributed by atoms with Gasteiger partial charge >= 0.3 is 5.97 Å². The smallest absolute Gasteiger partial charge is 0.303 e. The van der Waals surface area contributed by atoms with E-state index in [-0.39, 0.29) is 23.9 Å². The number of amides is 1. The number of carboxylic acids is 1. The minimum absolute atomic E-state index is 0.0188. The molecule has 1 fully saturated rings. The monoisotopic (exact) mass is 320 g/mol. The van der Waals surface area contributed by atoms with Crippen molar-refractivity contribution in [2.24, 2.45) is 5.92 Å². The fourth-order valence-corrected chi connectivity index (χ4v) is 2.87. The Morgan fingerprint density at radius 2 is 2.00 bits per heavy atom. The maximum Gasteiger partial charge on any atom is 0.303 e. The highest BCUT2D eigenvalue weighted by atomic mass is 16.6. The largest absolute Gasteiger partial charge is 0.481 e. The van der Waals surface area contributed by atoms with Gasteiger partial charge in [0.25, 0.3) is 5.69 Å². The summed E-state index contributed by atoms with van der Waals surface area (Å²) < 4.78 is 0. The SMILES string of the molecule is O=C(O)CC1CCN(C(=O)CCc2cccc([N+](=O)[O-])c2)CC1. The number of carbonyl (C=O) groups is 2. The molecule has 2 rings (SSSR count). The van der Waals surface area contributed by atoms with Gasteiger partial charge in [0, 0.05) is 38.1 Å². The topological polar surface area (TPSA) is 101 Å². The molecule has 0 bridgehead atoms. The van der Waals surface area contributed by atoms with Crippen LogP contribution in [-0.2, 0) is 16.0 Å². The lowest BCUT2D eigenvalue weighted by Crippen LogP contribution is -2.39. The molecule has 23 heavy (non-hydrogen) atoms. The highest BCUT2D eigenvalue weighted by molar-refractivity contribution is 5.76. The van der Waals surface area contributed by atoms with Crippen LogP contribution in [0, 0.1) is 16.0 Å². The Bertz CT molecular complexity index is 594. The van der Waals surface area contributed by atoms with Crippen molar-refractivity contribution in [2.75, 3.05) is 13.1 Å². The molecule has 0 unspecified atom stereocenters. The number of benzene rings is 1. The maximum atomic E-state index is 12.2. The lowest BCUT2D eigenvalue weighted by Gasteiger charge is -2.31. The van der Waals surface area contributed by atoms with Crippen LogP contribution < -0.4 is 0 Å². The summed E-state index contributed by atoms with van der Waals surface area (Å²) in [7, 11) is 0. The van der Waals surface area contributed by atoms with E-state index in [0.29, 0.717) is 25.9 Å². The van der Waals surface area contributed by atoms with Crippen LogP contribution in [0.1, 0.15) is 31.2 Å². The molecule has 1 aliphatic heterocycles. The van der Waals surface area contributed by atoms with E-state index in [0.717, 1.165) is 18.4 Å². The summed E-state index contributed by atoms with van der Waals surface area (Å²) in [5.74, 6) is -0.626. The van der Waals surface area contributed by atoms with Crippen molar-refractivity contribution < 1.29 is 19.6 Å². The highest BCUT2D eigenvalue weighted by Gasteiger charge is 2.24. The van der Waals surface area contributed by atoms with Crippen molar-refractivity contribution in [1.82, 2.24) is 4.90 Å². The van der Waals surface area contributed by atoms with Gasteiger partial charge in [-0.3, -0.25) is 19.7 Å². The van der Waals surface area contributed by atoms with E-state index in [1.165, 1.54) is 12.1 Å². The first kappa shape index (κ1) is 16.9. The van der Waals surface area contributed by atoms with E-state index in [1.807, 2.05) is 0 Å². The Kier molecular flexibility index (Phi) is 5.67. The zero-order chi connectivity index (χ0) is 16.8. The molecule has 1 saturated heterocycles. The molecular formula is C16H20N2O5. The van der Waals surface area contributed by atoms with Crippen LogP contribution in [0.3, 0.4) is 0 Å². The van der Waals surface area contributed by atoms with Crippen molar-refractivity contribution in [2.45, 2.75) is 32.1 Å². The van der Waals surface area contributed by atoms with E-state index in [9.17, 15) is 19.7 Å². The predicted octanol–water partition coefficient (Wildman–Crippen LogP) is 2.24. The third-order valence-electron chi connectivity index (χ3n) is 4.18. The number of nitro groups is 1. The zero-order valence-corrected chi connectivity index (χ0v) is 12.8. The number of hydrogen-bond acceptors (Lipinski definition) is 4. The molecule has 0 atom stereocenters. The van der Waals surface area contributed by atoms with Gasteiger partial charge in [-0.1, -0.05) is 12.1 Å². The number of carboxylic acid groups (broad SMARTS) is 1. The molecule has 1 aliphatic rings. The number of rotatable bonds is 6. The van der Waals surface area contributed by atoms with Gasteiger partial charge in [0.05, 0.1) is 4.92 Å². The van der Waals surface area contributed by atoms with Crippen LogP contribution in [-0.4, -0.2) is 39.9 Å². The number of carbonyl (C=O) groups excluding carboxylic acids is 1. The molecule has 0 aromatic heterocycles. The van der Waals surface area contributed by atoms with Crippen molar-refractivity contribution in [3.05, 3.63) is 39.9 Å². The minimum atomic E-state index is -0.791. The van der Waals surface area contributed by atoms with Gasteiger partial charge in [0.2, 0.25) is 5.91 Å². The van der Waals surface area contributed by atoms with E-state index in [4.69, 9.17) is 5.11 Å². The molecule has 1 aromatic carbocycles. The Balaban J connectivity index is 1.80. The molecular weight excluding hydrogens is 300 g/mol. The molecule has 1 aromatic rings. The molecule has 0 aliphatic carbocycles.